The summed E-state index contributed by atoms with van der Waals surface area (Å²) in [6.07, 6.45) is 0.138. The number of hydrogen-bond acceptors (Lipinski definition) is 3. The lowest BCUT2D eigenvalue weighted by Gasteiger charge is -2.09. The Labute approximate surface area is 122 Å². The SMILES string of the molecule is COc1csc(C(O)Cc2ccc3ccccc3c2)c1. The number of aliphatic hydroxyl groups excluding tert-OH is 1. The van der Waals surface area contributed by atoms with Crippen molar-refractivity contribution >= 4 is 22.1 Å². The van der Waals surface area contributed by atoms with Crippen molar-refractivity contribution in [2.24, 2.45) is 0 Å². The molecule has 20 heavy (non-hydrogen) atoms. The maximum atomic E-state index is 10.3. The van der Waals surface area contributed by atoms with E-state index in [1.807, 2.05) is 23.6 Å². The molecular formula is C17H16O2S. The van der Waals surface area contributed by atoms with Crippen LogP contribution in [0.3, 0.4) is 0 Å². The van der Waals surface area contributed by atoms with Crippen molar-refractivity contribution in [2.75, 3.05) is 7.11 Å². The van der Waals surface area contributed by atoms with E-state index < -0.39 is 6.10 Å². The van der Waals surface area contributed by atoms with Gasteiger partial charge in [0.05, 0.1) is 13.2 Å². The summed E-state index contributed by atoms with van der Waals surface area (Å²) in [7, 11) is 1.64. The second-order valence-corrected chi connectivity index (χ2v) is 5.73. The second-order valence-electron chi connectivity index (χ2n) is 4.79. The lowest BCUT2D eigenvalue weighted by molar-refractivity contribution is 0.182. The van der Waals surface area contributed by atoms with Gasteiger partial charge >= 0.3 is 0 Å². The number of rotatable bonds is 4. The van der Waals surface area contributed by atoms with Crippen LogP contribution in [0.5, 0.6) is 5.75 Å². The third-order valence-corrected chi connectivity index (χ3v) is 4.41. The third kappa shape index (κ3) is 2.69. The van der Waals surface area contributed by atoms with E-state index in [0.717, 1.165) is 16.2 Å². The van der Waals surface area contributed by atoms with E-state index in [0.29, 0.717) is 6.42 Å². The molecule has 1 aromatic heterocycles. The second kappa shape index (κ2) is 5.65. The Hall–Kier alpha value is -1.84. The summed E-state index contributed by atoms with van der Waals surface area (Å²) in [5.74, 6) is 0.808. The van der Waals surface area contributed by atoms with Gasteiger partial charge in [0.25, 0.3) is 0 Å². The van der Waals surface area contributed by atoms with Crippen LogP contribution in [-0.2, 0) is 6.42 Å². The van der Waals surface area contributed by atoms with Crippen molar-refractivity contribution < 1.29 is 9.84 Å². The summed E-state index contributed by atoms with van der Waals surface area (Å²) < 4.78 is 5.15. The van der Waals surface area contributed by atoms with Crippen LogP contribution >= 0.6 is 11.3 Å². The van der Waals surface area contributed by atoms with Gasteiger partial charge in [0.1, 0.15) is 5.75 Å². The Kier molecular flexibility index (Phi) is 3.72. The van der Waals surface area contributed by atoms with Crippen molar-refractivity contribution in [3.63, 3.8) is 0 Å². The lowest BCUT2D eigenvalue weighted by Crippen LogP contribution is -1.99. The molecule has 1 N–H and O–H groups in total. The molecule has 3 aromatic rings. The normalized spacial score (nSPS) is 12.5. The molecule has 0 amide bonds. The molecule has 102 valence electrons. The van der Waals surface area contributed by atoms with Gasteiger partial charge in [0.2, 0.25) is 0 Å². The Bertz CT molecular complexity index is 718. The Morgan fingerprint density at radius 2 is 1.90 bits per heavy atom. The zero-order chi connectivity index (χ0) is 13.9. The maximum Gasteiger partial charge on any atom is 0.129 e. The number of fused-ring (bicyclic) bond motifs is 1. The molecule has 0 saturated heterocycles. The molecule has 0 aliphatic carbocycles. The van der Waals surface area contributed by atoms with Crippen LogP contribution in [0.2, 0.25) is 0 Å². The van der Waals surface area contributed by atoms with E-state index in [9.17, 15) is 5.11 Å². The van der Waals surface area contributed by atoms with Crippen LogP contribution in [0.1, 0.15) is 16.5 Å². The summed E-state index contributed by atoms with van der Waals surface area (Å²) in [6.45, 7) is 0. The van der Waals surface area contributed by atoms with Gasteiger partial charge in [-0.3, -0.25) is 0 Å². The maximum absolute atomic E-state index is 10.3. The zero-order valence-corrected chi connectivity index (χ0v) is 12.1. The Morgan fingerprint density at radius 3 is 2.65 bits per heavy atom. The summed E-state index contributed by atoms with van der Waals surface area (Å²) in [5, 5.41) is 14.7. The minimum Gasteiger partial charge on any atom is -0.496 e. The predicted molar refractivity (Wildman–Crippen MR) is 83.5 cm³/mol. The van der Waals surface area contributed by atoms with Crippen molar-refractivity contribution in [1.29, 1.82) is 0 Å². The minimum absolute atomic E-state index is 0.481. The largest absolute Gasteiger partial charge is 0.496 e. The molecule has 0 radical (unpaired) electrons. The van der Waals surface area contributed by atoms with Gasteiger partial charge in [-0.1, -0.05) is 42.5 Å². The molecule has 0 spiro atoms. The number of ether oxygens (including phenoxy) is 1. The number of methoxy groups -OCH3 is 1. The fourth-order valence-electron chi connectivity index (χ4n) is 2.31. The van der Waals surface area contributed by atoms with Gasteiger partial charge in [-0.25, -0.2) is 0 Å². The molecule has 0 saturated carbocycles. The highest BCUT2D eigenvalue weighted by Gasteiger charge is 2.12. The number of hydrogen-bond donors (Lipinski definition) is 1. The molecule has 1 atom stereocenters. The van der Waals surface area contributed by atoms with Crippen molar-refractivity contribution in [1.82, 2.24) is 0 Å². The van der Waals surface area contributed by atoms with Crippen molar-refractivity contribution in [3.05, 3.63) is 64.4 Å². The molecule has 1 heterocycles. The fourth-order valence-corrected chi connectivity index (χ4v) is 3.15. The van der Waals surface area contributed by atoms with Gasteiger partial charge in [0, 0.05) is 16.7 Å². The quantitative estimate of drug-likeness (QED) is 0.778. The average molecular weight is 284 g/mol. The summed E-state index contributed by atoms with van der Waals surface area (Å²) >= 11 is 1.53. The highest BCUT2D eigenvalue weighted by molar-refractivity contribution is 7.10. The van der Waals surface area contributed by atoms with E-state index in [1.165, 1.54) is 22.1 Å². The molecule has 3 rings (SSSR count). The highest BCUT2D eigenvalue weighted by atomic mass is 32.1. The lowest BCUT2D eigenvalue weighted by atomic mass is 10.0. The molecule has 0 aliphatic rings. The van der Waals surface area contributed by atoms with Crippen LogP contribution in [0, 0.1) is 0 Å². The van der Waals surface area contributed by atoms with E-state index in [4.69, 9.17) is 4.74 Å². The first-order valence-electron chi connectivity index (χ1n) is 6.54. The average Bonchev–Trinajstić information content (AvgIpc) is 2.96. The molecule has 0 aliphatic heterocycles. The van der Waals surface area contributed by atoms with Crippen LogP contribution in [0.4, 0.5) is 0 Å². The van der Waals surface area contributed by atoms with Gasteiger partial charge in [-0.2, -0.15) is 0 Å². The molecule has 3 heteroatoms. The van der Waals surface area contributed by atoms with E-state index in [2.05, 4.69) is 30.3 Å². The monoisotopic (exact) mass is 284 g/mol. The van der Waals surface area contributed by atoms with Crippen molar-refractivity contribution in [2.45, 2.75) is 12.5 Å². The predicted octanol–water partition coefficient (Wildman–Crippen LogP) is 4.19. The Morgan fingerprint density at radius 1 is 1.10 bits per heavy atom. The molecule has 1 unspecified atom stereocenters. The number of aliphatic hydroxyl groups is 1. The number of benzene rings is 2. The van der Waals surface area contributed by atoms with Gasteiger partial charge in [-0.15, -0.1) is 11.3 Å². The first kappa shape index (κ1) is 13.2. The molecule has 0 bridgehead atoms. The standard InChI is InChI=1S/C17H16O2S/c1-19-15-10-17(20-11-15)16(18)9-12-6-7-13-4-2-3-5-14(13)8-12/h2-8,10-11,16,18H,9H2,1H3. The first-order valence-corrected chi connectivity index (χ1v) is 7.42. The van der Waals surface area contributed by atoms with E-state index in [-0.39, 0.29) is 0 Å². The molecule has 2 aromatic carbocycles. The summed E-state index contributed by atoms with van der Waals surface area (Å²) in [4.78, 5) is 0.940. The molecule has 2 nitrogen and oxygen atoms in total. The van der Waals surface area contributed by atoms with E-state index in [1.54, 1.807) is 7.11 Å². The van der Waals surface area contributed by atoms with Crippen LogP contribution in [-0.4, -0.2) is 12.2 Å². The van der Waals surface area contributed by atoms with Crippen molar-refractivity contribution in [3.8, 4) is 5.75 Å². The minimum atomic E-state index is -0.481. The summed E-state index contributed by atoms with van der Waals surface area (Å²) in [5.41, 5.74) is 1.14. The van der Waals surface area contributed by atoms with Crippen LogP contribution < -0.4 is 4.74 Å². The first-order chi connectivity index (χ1) is 9.76. The molecular weight excluding hydrogens is 268 g/mol. The molecule has 0 fully saturated rings. The Balaban J connectivity index is 1.81. The van der Waals surface area contributed by atoms with Crippen LogP contribution in [0.15, 0.2) is 53.9 Å². The summed E-state index contributed by atoms with van der Waals surface area (Å²) in [6, 6.07) is 16.5. The highest BCUT2D eigenvalue weighted by Crippen LogP contribution is 2.29. The van der Waals surface area contributed by atoms with Crippen LogP contribution in [0.25, 0.3) is 10.8 Å². The van der Waals surface area contributed by atoms with Gasteiger partial charge in [0.15, 0.2) is 0 Å². The smallest absolute Gasteiger partial charge is 0.129 e. The van der Waals surface area contributed by atoms with E-state index >= 15 is 0 Å². The topological polar surface area (TPSA) is 29.5 Å². The fraction of sp³-hybridized carbons (Fsp3) is 0.176. The zero-order valence-electron chi connectivity index (χ0n) is 11.2. The van der Waals surface area contributed by atoms with Gasteiger partial charge in [-0.05, 0) is 22.4 Å². The number of thiophene rings is 1. The van der Waals surface area contributed by atoms with Gasteiger partial charge < -0.3 is 9.84 Å². The third-order valence-electron chi connectivity index (χ3n) is 3.40.